The molecule has 2 aromatic rings. The van der Waals surface area contributed by atoms with E-state index in [2.05, 4.69) is 25.6 Å². The number of hydrogen-bond donors (Lipinski definition) is 1. The molecule has 3 rings (SSSR count). The number of piperazine rings is 1. The van der Waals surface area contributed by atoms with E-state index in [0.717, 1.165) is 10.8 Å². The smallest absolute Gasteiger partial charge is 0.333 e. The lowest BCUT2D eigenvalue weighted by atomic mass is 10.3. The van der Waals surface area contributed by atoms with E-state index in [9.17, 15) is 18.0 Å². The van der Waals surface area contributed by atoms with Crippen molar-refractivity contribution in [1.82, 2.24) is 40.0 Å². The van der Waals surface area contributed by atoms with Gasteiger partial charge < -0.3 is 9.47 Å². The summed E-state index contributed by atoms with van der Waals surface area (Å²) in [6.07, 6.45) is -3.75. The molecule has 0 unspecified atom stereocenters. The van der Waals surface area contributed by atoms with Crippen molar-refractivity contribution in [3.8, 4) is 0 Å². The maximum absolute atomic E-state index is 12.7. The fraction of sp³-hybridized carbons (Fsp3) is 0.583. The summed E-state index contributed by atoms with van der Waals surface area (Å²) in [5.74, 6) is -0.171. The van der Waals surface area contributed by atoms with Gasteiger partial charge in [0.2, 0.25) is 0 Å². The highest BCUT2D eigenvalue weighted by Crippen LogP contribution is 2.28. The molecule has 24 heavy (non-hydrogen) atoms. The Hall–Kier alpha value is -2.50. The second-order valence-electron chi connectivity index (χ2n) is 5.45. The van der Waals surface area contributed by atoms with Crippen LogP contribution in [0.15, 0.2) is 6.20 Å². The normalized spacial score (nSPS) is 16.6. The zero-order chi connectivity index (χ0) is 17.3. The van der Waals surface area contributed by atoms with E-state index >= 15 is 0 Å². The second-order valence-corrected chi connectivity index (χ2v) is 5.45. The van der Waals surface area contributed by atoms with Crippen LogP contribution in [-0.4, -0.2) is 72.1 Å². The Kier molecular flexibility index (Phi) is 4.22. The molecule has 0 aromatic carbocycles. The number of alkyl halides is 3. The number of amides is 1. The molecule has 0 saturated carbocycles. The highest BCUT2D eigenvalue weighted by atomic mass is 19.4. The number of nitrogens with zero attached hydrogens (tertiary/aromatic N) is 7. The topological polar surface area (TPSA) is 95.8 Å². The monoisotopic (exact) mass is 344 g/mol. The number of H-pyrrole nitrogens is 1. The summed E-state index contributed by atoms with van der Waals surface area (Å²) in [5, 5.41) is 13.6. The molecule has 2 aromatic heterocycles. The van der Waals surface area contributed by atoms with E-state index in [1.165, 1.54) is 11.9 Å². The van der Waals surface area contributed by atoms with Crippen LogP contribution in [0, 0.1) is 0 Å². The molecule has 1 fully saturated rings. The third kappa shape index (κ3) is 3.37. The van der Waals surface area contributed by atoms with Gasteiger partial charge in [0.1, 0.15) is 0 Å². The highest BCUT2D eigenvalue weighted by molar-refractivity contribution is 5.91. The molecule has 9 nitrogen and oxygen atoms in total. The fourth-order valence-electron chi connectivity index (χ4n) is 2.50. The number of halogens is 3. The molecular formula is C12H15F3N8O. The summed E-state index contributed by atoms with van der Waals surface area (Å²) in [7, 11) is 1.38. The molecule has 1 aliphatic rings. The van der Waals surface area contributed by atoms with E-state index < -0.39 is 17.8 Å². The lowest BCUT2D eigenvalue weighted by Gasteiger charge is -2.33. The van der Waals surface area contributed by atoms with Crippen molar-refractivity contribution in [2.75, 3.05) is 26.2 Å². The van der Waals surface area contributed by atoms with Crippen molar-refractivity contribution in [2.24, 2.45) is 7.05 Å². The molecule has 1 saturated heterocycles. The third-order valence-electron chi connectivity index (χ3n) is 3.77. The molecular weight excluding hydrogens is 329 g/mol. The zero-order valence-electron chi connectivity index (χ0n) is 12.8. The lowest BCUT2D eigenvalue weighted by molar-refractivity contribution is -0.141. The SMILES string of the molecule is Cn1cc(C(F)(F)F)nc1C(=O)N1CCN(Cc2nn[nH]n2)CC1. The maximum atomic E-state index is 12.7. The van der Waals surface area contributed by atoms with Crippen LogP contribution in [0.4, 0.5) is 13.2 Å². The zero-order valence-corrected chi connectivity index (χ0v) is 12.8. The van der Waals surface area contributed by atoms with Crippen LogP contribution in [0.2, 0.25) is 0 Å². The number of rotatable bonds is 3. The minimum absolute atomic E-state index is 0.214. The largest absolute Gasteiger partial charge is 0.434 e. The van der Waals surface area contributed by atoms with Gasteiger partial charge in [-0.3, -0.25) is 9.69 Å². The van der Waals surface area contributed by atoms with Crippen molar-refractivity contribution in [3.63, 3.8) is 0 Å². The van der Waals surface area contributed by atoms with Crippen LogP contribution in [0.1, 0.15) is 22.1 Å². The highest BCUT2D eigenvalue weighted by Gasteiger charge is 2.36. The van der Waals surface area contributed by atoms with Gasteiger partial charge in [-0.15, -0.1) is 10.2 Å². The first kappa shape index (κ1) is 16.4. The Morgan fingerprint density at radius 2 is 2.00 bits per heavy atom. The fourth-order valence-corrected chi connectivity index (χ4v) is 2.50. The van der Waals surface area contributed by atoms with Crippen molar-refractivity contribution >= 4 is 5.91 Å². The van der Waals surface area contributed by atoms with Gasteiger partial charge in [-0.25, -0.2) is 4.98 Å². The summed E-state index contributed by atoms with van der Waals surface area (Å²) in [5.41, 5.74) is -1.07. The molecule has 1 amide bonds. The first-order chi connectivity index (χ1) is 11.3. The van der Waals surface area contributed by atoms with Gasteiger partial charge in [0.05, 0.1) is 6.54 Å². The number of imidazole rings is 1. The van der Waals surface area contributed by atoms with E-state index in [4.69, 9.17) is 0 Å². The van der Waals surface area contributed by atoms with Crippen molar-refractivity contribution in [2.45, 2.75) is 12.7 Å². The minimum Gasteiger partial charge on any atom is -0.333 e. The molecule has 3 heterocycles. The second kappa shape index (κ2) is 6.19. The molecule has 130 valence electrons. The van der Waals surface area contributed by atoms with E-state index in [-0.39, 0.29) is 5.82 Å². The summed E-state index contributed by atoms with van der Waals surface area (Å²) in [6, 6.07) is 0. The van der Waals surface area contributed by atoms with Crippen molar-refractivity contribution in [3.05, 3.63) is 23.5 Å². The van der Waals surface area contributed by atoms with Gasteiger partial charge in [-0.05, 0) is 0 Å². The Labute approximate surface area is 134 Å². The van der Waals surface area contributed by atoms with E-state index in [1.54, 1.807) is 0 Å². The number of hydrogen-bond acceptors (Lipinski definition) is 6. The van der Waals surface area contributed by atoms with Gasteiger partial charge in [0.25, 0.3) is 5.91 Å². The van der Waals surface area contributed by atoms with Gasteiger partial charge in [-0.2, -0.15) is 18.4 Å². The van der Waals surface area contributed by atoms with Gasteiger partial charge in [0, 0.05) is 39.4 Å². The Bertz CT molecular complexity index is 702. The van der Waals surface area contributed by atoms with Crippen molar-refractivity contribution < 1.29 is 18.0 Å². The number of nitrogens with one attached hydrogen (secondary N) is 1. The number of aryl methyl sites for hydroxylation is 1. The van der Waals surface area contributed by atoms with E-state index in [1.807, 2.05) is 4.90 Å². The Morgan fingerprint density at radius 3 is 2.54 bits per heavy atom. The summed E-state index contributed by atoms with van der Waals surface area (Å²) in [4.78, 5) is 19.4. The Morgan fingerprint density at radius 1 is 1.29 bits per heavy atom. The number of aromatic nitrogens is 6. The van der Waals surface area contributed by atoms with Crippen molar-refractivity contribution in [1.29, 1.82) is 0 Å². The van der Waals surface area contributed by atoms with E-state index in [0.29, 0.717) is 38.5 Å². The third-order valence-corrected chi connectivity index (χ3v) is 3.77. The van der Waals surface area contributed by atoms with Gasteiger partial charge in [-0.1, -0.05) is 5.21 Å². The quantitative estimate of drug-likeness (QED) is 0.836. The summed E-state index contributed by atoms with van der Waals surface area (Å²) >= 11 is 0. The predicted molar refractivity (Wildman–Crippen MR) is 73.6 cm³/mol. The first-order valence-corrected chi connectivity index (χ1v) is 7.19. The number of tetrazole rings is 1. The maximum Gasteiger partial charge on any atom is 0.434 e. The molecule has 1 N–H and O–H groups in total. The minimum atomic E-state index is -4.57. The first-order valence-electron chi connectivity index (χ1n) is 7.19. The van der Waals surface area contributed by atoms with Gasteiger partial charge in [0.15, 0.2) is 17.3 Å². The summed E-state index contributed by atoms with van der Waals surface area (Å²) in [6.45, 7) is 2.42. The number of carbonyl (C=O) groups is 1. The van der Waals surface area contributed by atoms with Crippen LogP contribution in [-0.2, 0) is 19.8 Å². The lowest BCUT2D eigenvalue weighted by Crippen LogP contribution is -2.48. The van der Waals surface area contributed by atoms with Crippen LogP contribution < -0.4 is 0 Å². The summed E-state index contributed by atoms with van der Waals surface area (Å²) < 4.78 is 39.2. The average molecular weight is 344 g/mol. The molecule has 0 spiro atoms. The molecule has 0 atom stereocenters. The molecule has 1 aliphatic heterocycles. The Balaban J connectivity index is 1.62. The molecule has 0 aliphatic carbocycles. The van der Waals surface area contributed by atoms with Crippen LogP contribution in [0.3, 0.4) is 0 Å². The van der Waals surface area contributed by atoms with Crippen LogP contribution >= 0.6 is 0 Å². The van der Waals surface area contributed by atoms with Gasteiger partial charge >= 0.3 is 6.18 Å². The average Bonchev–Trinajstić information content (AvgIpc) is 3.16. The standard InChI is InChI=1S/C12H15F3N8O/c1-21-6-8(12(13,14)15)16-10(21)11(24)23-4-2-22(3-5-23)7-9-17-19-20-18-9/h6H,2-5,7H2,1H3,(H,17,18,19,20). The molecule has 12 heteroatoms. The number of aromatic amines is 1. The number of carbonyl (C=O) groups excluding carboxylic acids is 1. The predicted octanol–water partition coefficient (Wildman–Crippen LogP) is -0.0900. The molecule has 0 bridgehead atoms. The van der Waals surface area contributed by atoms with Crippen LogP contribution in [0.5, 0.6) is 0 Å². The molecule has 0 radical (unpaired) electrons. The van der Waals surface area contributed by atoms with Crippen LogP contribution in [0.25, 0.3) is 0 Å².